The topological polar surface area (TPSA) is 100 Å². The third-order valence-corrected chi connectivity index (χ3v) is 6.44. The summed E-state index contributed by atoms with van der Waals surface area (Å²) in [6, 6.07) is 0. The first-order valence-electron chi connectivity index (χ1n) is 9.54. The minimum atomic E-state index is -3.26. The van der Waals surface area contributed by atoms with E-state index in [0.717, 1.165) is 25.7 Å². The average molecular weight is 389 g/mol. The van der Waals surface area contributed by atoms with Gasteiger partial charge in [0.15, 0.2) is 5.96 Å². The fourth-order valence-corrected chi connectivity index (χ4v) is 4.24. The second kappa shape index (κ2) is 10.1. The van der Waals surface area contributed by atoms with E-state index in [1.807, 2.05) is 6.92 Å². The highest BCUT2D eigenvalue weighted by Gasteiger charge is 2.27. The van der Waals surface area contributed by atoms with Crippen LogP contribution in [-0.2, 0) is 19.6 Å². The molecule has 0 spiro atoms. The van der Waals surface area contributed by atoms with E-state index in [1.54, 1.807) is 7.05 Å². The molecule has 0 amide bonds. The van der Waals surface area contributed by atoms with Crippen molar-refractivity contribution >= 4 is 22.0 Å². The van der Waals surface area contributed by atoms with E-state index in [4.69, 9.17) is 4.74 Å². The SMILES string of the molecule is CCOC(=O)C1CCN(C(=NC)NCCS(=O)(=O)NCC2CCC2)CC1. The van der Waals surface area contributed by atoms with Crippen molar-refractivity contribution in [3.63, 3.8) is 0 Å². The lowest BCUT2D eigenvalue weighted by Crippen LogP contribution is -2.48. The van der Waals surface area contributed by atoms with E-state index >= 15 is 0 Å². The third-order valence-electron chi connectivity index (χ3n) is 5.10. The number of rotatable bonds is 8. The zero-order valence-electron chi connectivity index (χ0n) is 15.9. The van der Waals surface area contributed by atoms with Crippen LogP contribution in [0.4, 0.5) is 0 Å². The van der Waals surface area contributed by atoms with Crippen LogP contribution in [0, 0.1) is 11.8 Å². The van der Waals surface area contributed by atoms with Gasteiger partial charge < -0.3 is 15.0 Å². The second-order valence-corrected chi connectivity index (χ2v) is 8.88. The number of hydrogen-bond acceptors (Lipinski definition) is 5. The molecule has 8 nitrogen and oxygen atoms in total. The largest absolute Gasteiger partial charge is 0.466 e. The molecule has 0 aromatic heterocycles. The lowest BCUT2D eigenvalue weighted by atomic mass is 9.86. The zero-order chi connectivity index (χ0) is 19.0. The van der Waals surface area contributed by atoms with Crippen molar-refractivity contribution in [3.05, 3.63) is 0 Å². The minimum absolute atomic E-state index is 0.0258. The van der Waals surface area contributed by atoms with Crippen LogP contribution in [0.5, 0.6) is 0 Å². The van der Waals surface area contributed by atoms with Gasteiger partial charge in [-0.25, -0.2) is 13.1 Å². The molecule has 9 heteroatoms. The van der Waals surface area contributed by atoms with Crippen LogP contribution in [0.25, 0.3) is 0 Å². The van der Waals surface area contributed by atoms with Gasteiger partial charge in [0.25, 0.3) is 0 Å². The van der Waals surface area contributed by atoms with E-state index in [-0.39, 0.29) is 17.6 Å². The predicted octanol–water partition coefficient (Wildman–Crippen LogP) is 0.556. The molecular weight excluding hydrogens is 356 g/mol. The highest BCUT2D eigenvalue weighted by Crippen LogP contribution is 2.25. The van der Waals surface area contributed by atoms with Gasteiger partial charge in [0.1, 0.15) is 0 Å². The molecule has 26 heavy (non-hydrogen) atoms. The summed E-state index contributed by atoms with van der Waals surface area (Å²) in [7, 11) is -1.58. The second-order valence-electron chi connectivity index (χ2n) is 6.95. The van der Waals surface area contributed by atoms with Gasteiger partial charge in [0.2, 0.25) is 10.0 Å². The molecule has 0 aromatic carbocycles. The van der Waals surface area contributed by atoms with Gasteiger partial charge in [0.05, 0.1) is 18.3 Å². The van der Waals surface area contributed by atoms with Crippen LogP contribution in [0.3, 0.4) is 0 Å². The highest BCUT2D eigenvalue weighted by atomic mass is 32.2. The van der Waals surface area contributed by atoms with Crippen LogP contribution in [0.1, 0.15) is 39.0 Å². The maximum absolute atomic E-state index is 12.0. The number of carbonyl (C=O) groups excluding carboxylic acids is 1. The Kier molecular flexibility index (Phi) is 8.15. The number of piperidine rings is 1. The van der Waals surface area contributed by atoms with Gasteiger partial charge in [-0.15, -0.1) is 0 Å². The standard InChI is InChI=1S/C17H32N4O4S/c1-3-25-16(22)15-7-10-21(11-8-15)17(18-2)19-9-12-26(23,24)20-13-14-5-4-6-14/h14-15,20H,3-13H2,1-2H3,(H,18,19). The summed E-state index contributed by atoms with van der Waals surface area (Å²) in [6.45, 7) is 4.49. The molecule has 1 aliphatic carbocycles. The lowest BCUT2D eigenvalue weighted by Gasteiger charge is -2.33. The van der Waals surface area contributed by atoms with Gasteiger partial charge in [-0.1, -0.05) is 6.42 Å². The molecule has 2 rings (SSSR count). The van der Waals surface area contributed by atoms with Gasteiger partial charge in [-0.2, -0.15) is 0 Å². The Bertz CT molecular complexity index is 582. The number of esters is 1. The van der Waals surface area contributed by atoms with Crippen LogP contribution in [0.2, 0.25) is 0 Å². The number of likely N-dealkylation sites (tertiary alicyclic amines) is 1. The van der Waals surface area contributed by atoms with Gasteiger partial charge in [-0.3, -0.25) is 9.79 Å². The van der Waals surface area contributed by atoms with Crippen molar-refractivity contribution in [1.82, 2.24) is 14.9 Å². The lowest BCUT2D eigenvalue weighted by molar-refractivity contribution is -0.149. The number of nitrogens with zero attached hydrogens (tertiary/aromatic N) is 2. The molecule has 0 unspecified atom stereocenters. The number of carbonyl (C=O) groups is 1. The molecular formula is C17H32N4O4S. The first-order chi connectivity index (χ1) is 12.4. The van der Waals surface area contributed by atoms with E-state index in [9.17, 15) is 13.2 Å². The van der Waals surface area contributed by atoms with Crippen molar-refractivity contribution in [2.45, 2.75) is 39.0 Å². The van der Waals surface area contributed by atoms with E-state index < -0.39 is 10.0 Å². The third kappa shape index (κ3) is 6.42. The molecule has 0 bridgehead atoms. The summed E-state index contributed by atoms with van der Waals surface area (Å²) in [5.41, 5.74) is 0. The Labute approximate surface area is 156 Å². The number of ether oxygens (including phenoxy) is 1. The average Bonchev–Trinajstić information content (AvgIpc) is 2.57. The van der Waals surface area contributed by atoms with Gasteiger partial charge >= 0.3 is 5.97 Å². The molecule has 0 radical (unpaired) electrons. The molecule has 150 valence electrons. The van der Waals surface area contributed by atoms with Crippen molar-refractivity contribution in [2.24, 2.45) is 16.8 Å². The van der Waals surface area contributed by atoms with Gasteiger partial charge in [-0.05, 0) is 38.5 Å². The highest BCUT2D eigenvalue weighted by molar-refractivity contribution is 7.89. The minimum Gasteiger partial charge on any atom is -0.466 e. The predicted molar refractivity (Wildman–Crippen MR) is 101 cm³/mol. The van der Waals surface area contributed by atoms with E-state index in [2.05, 4.69) is 19.9 Å². The molecule has 1 heterocycles. The van der Waals surface area contributed by atoms with Crippen molar-refractivity contribution in [2.75, 3.05) is 45.6 Å². The van der Waals surface area contributed by atoms with Gasteiger partial charge in [0, 0.05) is 33.2 Å². The molecule has 2 N–H and O–H groups in total. The summed E-state index contributed by atoms with van der Waals surface area (Å²) in [6.07, 6.45) is 4.89. The fraction of sp³-hybridized carbons (Fsp3) is 0.882. The van der Waals surface area contributed by atoms with Crippen molar-refractivity contribution in [3.8, 4) is 0 Å². The zero-order valence-corrected chi connectivity index (χ0v) is 16.7. The van der Waals surface area contributed by atoms with Crippen molar-refractivity contribution < 1.29 is 17.9 Å². The number of aliphatic imine (C=N–C) groups is 1. The Morgan fingerprint density at radius 2 is 1.92 bits per heavy atom. The first kappa shape index (κ1) is 21.0. The Morgan fingerprint density at radius 1 is 1.23 bits per heavy atom. The quantitative estimate of drug-likeness (QED) is 0.358. The van der Waals surface area contributed by atoms with Crippen LogP contribution >= 0.6 is 0 Å². The Balaban J connectivity index is 1.70. The molecule has 2 fully saturated rings. The van der Waals surface area contributed by atoms with Crippen LogP contribution in [0.15, 0.2) is 4.99 Å². The summed E-state index contributed by atoms with van der Waals surface area (Å²) in [5.74, 6) is 1.03. The molecule has 2 aliphatic rings. The molecule has 1 aliphatic heterocycles. The Hall–Kier alpha value is -1.35. The summed E-state index contributed by atoms with van der Waals surface area (Å²) in [5, 5.41) is 3.12. The van der Waals surface area contributed by atoms with E-state index in [1.165, 1.54) is 6.42 Å². The fourth-order valence-electron chi connectivity index (χ4n) is 3.23. The monoisotopic (exact) mass is 388 g/mol. The van der Waals surface area contributed by atoms with Crippen LogP contribution < -0.4 is 10.0 Å². The maximum Gasteiger partial charge on any atom is 0.309 e. The van der Waals surface area contributed by atoms with Crippen molar-refractivity contribution in [1.29, 1.82) is 0 Å². The molecule has 0 atom stereocenters. The number of sulfonamides is 1. The first-order valence-corrected chi connectivity index (χ1v) is 11.2. The van der Waals surface area contributed by atoms with Crippen LogP contribution in [-0.4, -0.2) is 70.8 Å². The summed E-state index contributed by atoms with van der Waals surface area (Å²) in [4.78, 5) is 18.1. The number of hydrogen-bond donors (Lipinski definition) is 2. The summed E-state index contributed by atoms with van der Waals surface area (Å²) >= 11 is 0. The number of guanidine groups is 1. The number of nitrogens with one attached hydrogen (secondary N) is 2. The Morgan fingerprint density at radius 3 is 2.46 bits per heavy atom. The molecule has 1 saturated heterocycles. The normalized spacial score (nSPS) is 19.9. The smallest absolute Gasteiger partial charge is 0.309 e. The summed E-state index contributed by atoms with van der Waals surface area (Å²) < 4.78 is 31.9. The molecule has 1 saturated carbocycles. The maximum atomic E-state index is 12.0. The van der Waals surface area contributed by atoms with E-state index in [0.29, 0.717) is 44.7 Å². The molecule has 0 aromatic rings.